The number of pyridine rings is 1. The first-order valence-electron chi connectivity index (χ1n) is 11.5. The normalized spacial score (nSPS) is 23.0. The molecule has 0 N–H and O–H groups in total. The molecule has 0 bridgehead atoms. The van der Waals surface area contributed by atoms with Crippen molar-refractivity contribution in [2.24, 2.45) is 11.3 Å². The third kappa shape index (κ3) is 6.53. The lowest BCUT2D eigenvalue weighted by Gasteiger charge is -2.40. The number of piperidine rings is 1. The summed E-state index contributed by atoms with van der Waals surface area (Å²) >= 11 is 0. The molecule has 0 aliphatic carbocycles. The van der Waals surface area contributed by atoms with Crippen LogP contribution in [0.1, 0.15) is 58.9 Å². The Balaban J connectivity index is 1.63. The van der Waals surface area contributed by atoms with Crippen molar-refractivity contribution in [1.82, 2.24) is 19.7 Å². The first-order valence-corrected chi connectivity index (χ1v) is 11.5. The molecule has 0 aromatic carbocycles. The summed E-state index contributed by atoms with van der Waals surface area (Å²) in [6.07, 6.45) is 9.35. The van der Waals surface area contributed by atoms with Crippen LogP contribution in [0.4, 0.5) is 0 Å². The van der Waals surface area contributed by atoms with Crippen LogP contribution >= 0.6 is 0 Å². The van der Waals surface area contributed by atoms with Gasteiger partial charge in [0.2, 0.25) is 0 Å². The zero-order valence-electron chi connectivity index (χ0n) is 18.7. The summed E-state index contributed by atoms with van der Waals surface area (Å²) in [5, 5.41) is 0. The molecule has 1 aromatic heterocycles. The summed E-state index contributed by atoms with van der Waals surface area (Å²) in [4.78, 5) is 12.4. The van der Waals surface area contributed by atoms with Crippen LogP contribution in [0, 0.1) is 11.3 Å². The van der Waals surface area contributed by atoms with Crippen molar-refractivity contribution in [2.75, 3.05) is 45.8 Å². The predicted molar refractivity (Wildman–Crippen MR) is 118 cm³/mol. The number of likely N-dealkylation sites (N-methyl/N-ethyl adjacent to an activating group) is 1. The summed E-state index contributed by atoms with van der Waals surface area (Å²) in [5.41, 5.74) is 1.64. The number of rotatable bonds is 9. The fourth-order valence-electron chi connectivity index (χ4n) is 5.23. The molecule has 0 saturated carbocycles. The van der Waals surface area contributed by atoms with Crippen LogP contribution in [-0.2, 0) is 6.54 Å². The monoisotopic (exact) mass is 386 g/mol. The van der Waals surface area contributed by atoms with E-state index in [1.165, 1.54) is 70.5 Å². The van der Waals surface area contributed by atoms with Crippen LogP contribution in [0.3, 0.4) is 0 Å². The number of aromatic nitrogens is 1. The molecule has 0 radical (unpaired) electrons. The maximum Gasteiger partial charge on any atom is 0.0312 e. The zero-order valence-corrected chi connectivity index (χ0v) is 18.7. The van der Waals surface area contributed by atoms with Crippen molar-refractivity contribution in [3.05, 3.63) is 30.1 Å². The van der Waals surface area contributed by atoms with Gasteiger partial charge in [-0.1, -0.05) is 33.8 Å². The maximum atomic E-state index is 4.35. The first kappa shape index (κ1) is 21.7. The Morgan fingerprint density at radius 3 is 2.64 bits per heavy atom. The zero-order chi connectivity index (χ0) is 20.0. The molecule has 2 aliphatic heterocycles. The van der Waals surface area contributed by atoms with Crippen LogP contribution in [0.2, 0.25) is 0 Å². The standard InChI is InChI=1S/C24H42N4/c1-5-28-13-7-9-23(28)18-27(17-22-8-6-12-25-16-22)20-24(3,4)19-26-14-10-21(2)11-15-26/h6,8,12,16,21,23H,5,7,9-11,13-15,17-20H2,1-4H3. The number of hydrogen-bond donors (Lipinski definition) is 0. The second-order valence-electron chi connectivity index (χ2n) is 10.1. The molecule has 1 aromatic rings. The Hall–Kier alpha value is -0.970. The van der Waals surface area contributed by atoms with Gasteiger partial charge in [0.05, 0.1) is 0 Å². The van der Waals surface area contributed by atoms with Crippen molar-refractivity contribution in [3.8, 4) is 0 Å². The highest BCUT2D eigenvalue weighted by atomic mass is 15.2. The second kappa shape index (κ2) is 10.2. The minimum atomic E-state index is 0.304. The molecule has 1 atom stereocenters. The van der Waals surface area contributed by atoms with Crippen LogP contribution in [0.25, 0.3) is 0 Å². The van der Waals surface area contributed by atoms with Gasteiger partial charge in [0.1, 0.15) is 0 Å². The fraction of sp³-hybridized carbons (Fsp3) is 0.792. The first-order chi connectivity index (χ1) is 13.4. The Labute approximate surface area is 173 Å². The van der Waals surface area contributed by atoms with Crippen molar-refractivity contribution >= 4 is 0 Å². The Morgan fingerprint density at radius 2 is 1.96 bits per heavy atom. The van der Waals surface area contributed by atoms with E-state index in [9.17, 15) is 0 Å². The van der Waals surface area contributed by atoms with E-state index in [-0.39, 0.29) is 0 Å². The highest BCUT2D eigenvalue weighted by molar-refractivity contribution is 5.08. The van der Waals surface area contributed by atoms with Crippen LogP contribution in [0.15, 0.2) is 24.5 Å². The summed E-state index contributed by atoms with van der Waals surface area (Å²) < 4.78 is 0. The molecule has 2 aliphatic rings. The average Bonchev–Trinajstić information content (AvgIpc) is 3.11. The van der Waals surface area contributed by atoms with Crippen LogP contribution < -0.4 is 0 Å². The van der Waals surface area contributed by atoms with Gasteiger partial charge in [-0.3, -0.25) is 14.8 Å². The molecule has 4 heteroatoms. The SMILES string of the molecule is CCN1CCCC1CN(Cc1cccnc1)CC(C)(C)CN1CCC(C)CC1. The van der Waals surface area contributed by atoms with Gasteiger partial charge in [-0.25, -0.2) is 0 Å². The lowest BCUT2D eigenvalue weighted by atomic mass is 9.89. The summed E-state index contributed by atoms with van der Waals surface area (Å²) in [6, 6.07) is 5.01. The molecule has 158 valence electrons. The molecule has 28 heavy (non-hydrogen) atoms. The fourth-order valence-corrected chi connectivity index (χ4v) is 5.23. The Kier molecular flexibility index (Phi) is 7.90. The van der Waals surface area contributed by atoms with Crippen molar-refractivity contribution in [3.63, 3.8) is 0 Å². The van der Waals surface area contributed by atoms with Gasteiger partial charge in [0.15, 0.2) is 0 Å². The summed E-state index contributed by atoms with van der Waals surface area (Å²) in [6.45, 7) is 19.2. The van der Waals surface area contributed by atoms with E-state index in [4.69, 9.17) is 0 Å². The number of likely N-dealkylation sites (tertiary alicyclic amines) is 2. The second-order valence-corrected chi connectivity index (χ2v) is 10.1. The lowest BCUT2D eigenvalue weighted by Crippen LogP contribution is -2.47. The van der Waals surface area contributed by atoms with E-state index in [0.717, 1.165) is 19.0 Å². The third-order valence-electron chi connectivity index (χ3n) is 6.68. The highest BCUT2D eigenvalue weighted by Gasteiger charge is 2.30. The van der Waals surface area contributed by atoms with Gasteiger partial charge in [-0.05, 0) is 74.8 Å². The van der Waals surface area contributed by atoms with Gasteiger partial charge >= 0.3 is 0 Å². The molecule has 1 unspecified atom stereocenters. The van der Waals surface area contributed by atoms with E-state index in [2.05, 4.69) is 59.5 Å². The molecule has 3 rings (SSSR count). The minimum absolute atomic E-state index is 0.304. The highest BCUT2D eigenvalue weighted by Crippen LogP contribution is 2.26. The number of hydrogen-bond acceptors (Lipinski definition) is 4. The number of nitrogens with zero attached hydrogens (tertiary/aromatic N) is 4. The van der Waals surface area contributed by atoms with Crippen LogP contribution in [-0.4, -0.2) is 71.5 Å². The molecular weight excluding hydrogens is 344 g/mol. The molecular formula is C24H42N4. The smallest absolute Gasteiger partial charge is 0.0312 e. The predicted octanol–water partition coefficient (Wildman–Crippen LogP) is 4.13. The maximum absolute atomic E-state index is 4.35. The van der Waals surface area contributed by atoms with E-state index in [0.29, 0.717) is 11.5 Å². The van der Waals surface area contributed by atoms with Crippen molar-refractivity contribution in [2.45, 2.75) is 66.0 Å². The molecule has 0 amide bonds. The average molecular weight is 387 g/mol. The Bertz CT molecular complexity index is 565. The molecule has 4 nitrogen and oxygen atoms in total. The lowest BCUT2D eigenvalue weighted by molar-refractivity contribution is 0.0809. The van der Waals surface area contributed by atoms with Crippen molar-refractivity contribution < 1.29 is 0 Å². The topological polar surface area (TPSA) is 22.6 Å². The quantitative estimate of drug-likeness (QED) is 0.636. The van der Waals surface area contributed by atoms with E-state index in [1.807, 2.05) is 12.4 Å². The third-order valence-corrected chi connectivity index (χ3v) is 6.68. The van der Waals surface area contributed by atoms with Gasteiger partial charge < -0.3 is 4.90 Å². The van der Waals surface area contributed by atoms with Gasteiger partial charge in [-0.15, -0.1) is 0 Å². The summed E-state index contributed by atoms with van der Waals surface area (Å²) in [7, 11) is 0. The van der Waals surface area contributed by atoms with Gasteiger partial charge in [0.25, 0.3) is 0 Å². The van der Waals surface area contributed by atoms with E-state index >= 15 is 0 Å². The molecule has 3 heterocycles. The van der Waals surface area contributed by atoms with Gasteiger partial charge in [0, 0.05) is 44.6 Å². The van der Waals surface area contributed by atoms with Crippen molar-refractivity contribution in [1.29, 1.82) is 0 Å². The van der Waals surface area contributed by atoms with Crippen LogP contribution in [0.5, 0.6) is 0 Å². The molecule has 2 fully saturated rings. The van der Waals surface area contributed by atoms with Gasteiger partial charge in [-0.2, -0.15) is 0 Å². The largest absolute Gasteiger partial charge is 0.303 e. The van der Waals surface area contributed by atoms with E-state index in [1.54, 1.807) is 0 Å². The molecule has 0 spiro atoms. The Morgan fingerprint density at radius 1 is 1.18 bits per heavy atom. The minimum Gasteiger partial charge on any atom is -0.303 e. The summed E-state index contributed by atoms with van der Waals surface area (Å²) in [5.74, 6) is 0.906. The van der Waals surface area contributed by atoms with E-state index < -0.39 is 0 Å². The molecule has 2 saturated heterocycles.